The van der Waals surface area contributed by atoms with Crippen LogP contribution in [0, 0.1) is 0 Å². The van der Waals surface area contributed by atoms with Crippen LogP contribution in [-0.2, 0) is 17.4 Å². The molecule has 0 saturated carbocycles. The first kappa shape index (κ1) is 14.0. The Labute approximate surface area is 108 Å². The molecular formula is C6H7CaCrNO2. The molecule has 1 heterocycles. The van der Waals surface area contributed by atoms with E-state index in [9.17, 15) is 4.79 Å². The minimum Gasteiger partial charge on any atom is -1.00 e. The summed E-state index contributed by atoms with van der Waals surface area (Å²) in [5.41, 5.74) is 0.220. The van der Waals surface area contributed by atoms with Crippen molar-refractivity contribution in [2.24, 2.45) is 0 Å². The molecule has 56 valence electrons. The van der Waals surface area contributed by atoms with Crippen molar-refractivity contribution in [3.05, 3.63) is 30.1 Å². The molecule has 0 aliphatic carbocycles. The standard InChI is InChI=1S/C6H5NO2.Ca.Cr.2H/c8-6(9)5-2-1-3-7-4-5;;;;/h1-4H,(H,8,9);;;;/q;+2;;2*-1. The number of hydrogen-bond acceptors (Lipinski definition) is 2. The van der Waals surface area contributed by atoms with Gasteiger partial charge in [0.25, 0.3) is 0 Å². The van der Waals surface area contributed by atoms with E-state index in [1.807, 2.05) is 0 Å². The number of nitrogens with zero attached hydrogens (tertiary/aromatic N) is 1. The minimum absolute atomic E-state index is 0. The maximum atomic E-state index is 10.2. The zero-order valence-electron chi connectivity index (χ0n) is 7.73. The third-order valence-electron chi connectivity index (χ3n) is 0.908. The molecule has 0 fully saturated rings. The molecule has 0 radical (unpaired) electrons. The Hall–Kier alpha value is 0.412. The molecule has 0 aromatic carbocycles. The van der Waals surface area contributed by atoms with Crippen molar-refractivity contribution in [3.8, 4) is 0 Å². The van der Waals surface area contributed by atoms with Crippen molar-refractivity contribution < 1.29 is 30.1 Å². The van der Waals surface area contributed by atoms with Crippen molar-refractivity contribution in [1.82, 2.24) is 4.98 Å². The van der Waals surface area contributed by atoms with E-state index in [4.69, 9.17) is 5.11 Å². The second-order valence-electron chi connectivity index (χ2n) is 1.55. The quantitative estimate of drug-likeness (QED) is 0.701. The van der Waals surface area contributed by atoms with Crippen LogP contribution in [0.1, 0.15) is 13.2 Å². The smallest absolute Gasteiger partial charge is 1.00 e. The van der Waals surface area contributed by atoms with Crippen LogP contribution in [0.15, 0.2) is 24.5 Å². The fourth-order valence-corrected chi connectivity index (χ4v) is 0.489. The number of aromatic carboxylic acids is 1. The van der Waals surface area contributed by atoms with Gasteiger partial charge in [0.15, 0.2) is 0 Å². The van der Waals surface area contributed by atoms with Gasteiger partial charge >= 0.3 is 43.7 Å². The van der Waals surface area contributed by atoms with Crippen LogP contribution >= 0.6 is 0 Å². The van der Waals surface area contributed by atoms with Crippen LogP contribution in [0.3, 0.4) is 0 Å². The van der Waals surface area contributed by atoms with E-state index in [1.54, 1.807) is 6.07 Å². The Morgan fingerprint density at radius 1 is 1.64 bits per heavy atom. The molecule has 5 heteroatoms. The summed E-state index contributed by atoms with van der Waals surface area (Å²) in [5.74, 6) is -0.942. The van der Waals surface area contributed by atoms with Gasteiger partial charge in [-0.05, 0) is 12.1 Å². The van der Waals surface area contributed by atoms with E-state index < -0.39 is 5.97 Å². The summed E-state index contributed by atoms with van der Waals surface area (Å²) in [7, 11) is 0. The van der Waals surface area contributed by atoms with Gasteiger partial charge in [0.1, 0.15) is 0 Å². The summed E-state index contributed by atoms with van der Waals surface area (Å²) in [6, 6.07) is 3.08. The predicted molar refractivity (Wildman–Crippen MR) is 39.2 cm³/mol. The average Bonchev–Trinajstić information content (AvgIpc) is 1.90. The van der Waals surface area contributed by atoms with Crippen LogP contribution in [0.4, 0.5) is 0 Å². The number of hydrogen-bond donors (Lipinski definition) is 1. The molecule has 0 atom stereocenters. The van der Waals surface area contributed by atoms with Gasteiger partial charge < -0.3 is 7.96 Å². The fourth-order valence-electron chi connectivity index (χ4n) is 0.489. The van der Waals surface area contributed by atoms with Gasteiger partial charge in [0.2, 0.25) is 0 Å². The average molecular weight is 217 g/mol. The van der Waals surface area contributed by atoms with Crippen LogP contribution in [0.5, 0.6) is 0 Å². The second kappa shape index (κ2) is 7.08. The number of aromatic nitrogens is 1. The zero-order chi connectivity index (χ0) is 6.69. The Balaban J connectivity index is -0.000000101. The number of pyridine rings is 1. The maximum absolute atomic E-state index is 10.2. The second-order valence-corrected chi connectivity index (χ2v) is 1.55. The number of carboxylic acids is 1. The van der Waals surface area contributed by atoms with Gasteiger partial charge in [-0.1, -0.05) is 0 Å². The van der Waals surface area contributed by atoms with Gasteiger partial charge in [-0.2, -0.15) is 0 Å². The Bertz CT molecular complexity index is 225. The first-order valence-corrected chi connectivity index (χ1v) is 2.44. The van der Waals surface area contributed by atoms with Gasteiger partial charge in [-0.15, -0.1) is 0 Å². The van der Waals surface area contributed by atoms with Gasteiger partial charge in [-0.3, -0.25) is 4.98 Å². The van der Waals surface area contributed by atoms with E-state index in [0.29, 0.717) is 0 Å². The summed E-state index contributed by atoms with van der Waals surface area (Å²) >= 11 is 0. The molecule has 0 saturated heterocycles. The molecule has 1 aromatic heterocycles. The van der Waals surface area contributed by atoms with Crippen molar-refractivity contribution in [3.63, 3.8) is 0 Å². The zero-order valence-corrected chi connectivity index (χ0v) is 9.21. The number of carboxylic acid groups (broad SMARTS) is 1. The summed E-state index contributed by atoms with van der Waals surface area (Å²) < 4.78 is 0. The van der Waals surface area contributed by atoms with E-state index >= 15 is 0 Å². The summed E-state index contributed by atoms with van der Waals surface area (Å²) in [6.07, 6.45) is 2.84. The largest absolute Gasteiger partial charge is 2.00 e. The molecular weight excluding hydrogens is 210 g/mol. The van der Waals surface area contributed by atoms with Gasteiger partial charge in [-0.25, -0.2) is 4.79 Å². The van der Waals surface area contributed by atoms with Crippen molar-refractivity contribution in [2.45, 2.75) is 0 Å². The summed E-state index contributed by atoms with van der Waals surface area (Å²) in [5, 5.41) is 8.34. The van der Waals surface area contributed by atoms with E-state index in [1.165, 1.54) is 18.5 Å². The molecule has 0 unspecified atom stereocenters. The molecule has 1 N–H and O–H groups in total. The Morgan fingerprint density at radius 3 is 2.55 bits per heavy atom. The molecule has 0 aliphatic heterocycles. The first-order valence-electron chi connectivity index (χ1n) is 2.44. The molecule has 0 amide bonds. The molecule has 0 bridgehead atoms. The maximum Gasteiger partial charge on any atom is 2.00 e. The molecule has 11 heavy (non-hydrogen) atoms. The van der Waals surface area contributed by atoms with E-state index in [0.717, 1.165) is 0 Å². The van der Waals surface area contributed by atoms with Crippen LogP contribution in [0.2, 0.25) is 0 Å². The van der Waals surface area contributed by atoms with Gasteiger partial charge in [0.05, 0.1) is 5.56 Å². The topological polar surface area (TPSA) is 50.2 Å². The summed E-state index contributed by atoms with van der Waals surface area (Å²) in [6.45, 7) is 0. The number of carbonyl (C=O) groups is 1. The molecule has 3 nitrogen and oxygen atoms in total. The Kier molecular flexibility index (Phi) is 8.99. The third-order valence-corrected chi connectivity index (χ3v) is 0.908. The van der Waals surface area contributed by atoms with Crippen molar-refractivity contribution in [1.29, 1.82) is 0 Å². The first-order chi connectivity index (χ1) is 4.30. The minimum atomic E-state index is -0.942. The monoisotopic (exact) mass is 217 g/mol. The van der Waals surface area contributed by atoms with Crippen LogP contribution < -0.4 is 0 Å². The molecule has 0 spiro atoms. The van der Waals surface area contributed by atoms with Crippen LogP contribution in [-0.4, -0.2) is 53.8 Å². The number of rotatable bonds is 1. The summed E-state index contributed by atoms with van der Waals surface area (Å²) in [4.78, 5) is 13.8. The SMILES string of the molecule is O=C(O)c1cccnc1.[Ca+2].[Cr].[H-].[H-]. The van der Waals surface area contributed by atoms with Crippen molar-refractivity contribution in [2.75, 3.05) is 0 Å². The normalized spacial score (nSPS) is 7.27. The third kappa shape index (κ3) is 4.78. The Morgan fingerprint density at radius 2 is 2.27 bits per heavy atom. The fraction of sp³-hybridized carbons (Fsp3) is 0. The molecule has 0 aliphatic rings. The van der Waals surface area contributed by atoms with Crippen LogP contribution in [0.25, 0.3) is 0 Å². The molecule has 1 rings (SSSR count). The van der Waals surface area contributed by atoms with Gasteiger partial charge in [0, 0.05) is 29.8 Å². The van der Waals surface area contributed by atoms with Crippen molar-refractivity contribution >= 4 is 43.7 Å². The van der Waals surface area contributed by atoms with E-state index in [2.05, 4.69) is 4.98 Å². The van der Waals surface area contributed by atoms with E-state index in [-0.39, 0.29) is 63.5 Å². The predicted octanol–water partition coefficient (Wildman–Crippen LogP) is 0.621. The molecule has 1 aromatic rings.